The third-order valence-corrected chi connectivity index (χ3v) is 3.02. The van der Waals surface area contributed by atoms with Gasteiger partial charge in [0.05, 0.1) is 11.8 Å². The molecular weight excluding hydrogens is 598 g/mol. The SMILES string of the molecule is CC#N.CC(C)N1N=C(c2ccccn2)[N-]N(c2ccccn2)C1=O.F[B-](F)(F)F.F[B-](F)(F)F.[Pd]. The van der Waals surface area contributed by atoms with Crippen molar-refractivity contribution in [1.29, 1.82) is 5.26 Å². The normalized spacial score (nSPS) is 12.6. The first-order valence-corrected chi connectivity index (χ1v) is 9.40. The number of nitrogens with zero attached hydrogens (tertiary/aromatic N) is 7. The molecule has 8 nitrogen and oxygen atoms in total. The summed E-state index contributed by atoms with van der Waals surface area (Å²) in [5, 5.41) is 14.3. The quantitative estimate of drug-likeness (QED) is 0.317. The molecule has 0 radical (unpaired) electrons. The second-order valence-electron chi connectivity index (χ2n) is 6.17. The minimum atomic E-state index is -6.00. The first kappa shape index (κ1) is 34.9. The van der Waals surface area contributed by atoms with Gasteiger partial charge in [-0.3, -0.25) is 9.99 Å². The van der Waals surface area contributed by atoms with Gasteiger partial charge in [0.1, 0.15) is 5.82 Å². The average Bonchev–Trinajstić information content (AvgIpc) is 2.73. The molecule has 0 unspecified atom stereocenters. The molecule has 2 aromatic heterocycles. The Morgan fingerprint density at radius 1 is 0.917 bits per heavy atom. The van der Waals surface area contributed by atoms with Crippen molar-refractivity contribution >= 4 is 32.2 Å². The fraction of sp³-hybridized carbons (Fsp3) is 0.235. The van der Waals surface area contributed by atoms with E-state index < -0.39 is 14.5 Å². The van der Waals surface area contributed by atoms with Crippen LogP contribution in [-0.4, -0.2) is 47.4 Å². The topological polar surface area (TPSA) is 99.6 Å². The number of carbonyl (C=O) groups is 1. The van der Waals surface area contributed by atoms with Crippen molar-refractivity contribution in [2.24, 2.45) is 5.10 Å². The van der Waals surface area contributed by atoms with Crippen LogP contribution in [-0.2, 0) is 20.4 Å². The van der Waals surface area contributed by atoms with Crippen LogP contribution in [0.25, 0.3) is 5.43 Å². The molecule has 0 saturated heterocycles. The predicted molar refractivity (Wildman–Crippen MR) is 115 cm³/mol. The Hall–Kier alpha value is -3.24. The number of halogens is 8. The monoisotopic (exact) mass is 616 g/mol. The van der Waals surface area contributed by atoms with E-state index in [1.165, 1.54) is 16.9 Å². The van der Waals surface area contributed by atoms with Gasteiger partial charge in [-0.15, -0.1) is 0 Å². The molecule has 1 aliphatic rings. The second-order valence-corrected chi connectivity index (χ2v) is 6.17. The van der Waals surface area contributed by atoms with Crippen LogP contribution in [0.1, 0.15) is 26.5 Å². The van der Waals surface area contributed by atoms with E-state index in [2.05, 4.69) is 20.5 Å². The molecule has 0 atom stereocenters. The number of urea groups is 1. The Balaban J connectivity index is 0. The fourth-order valence-electron chi connectivity index (χ4n) is 1.96. The number of hydrogen-bond donors (Lipinski definition) is 0. The van der Waals surface area contributed by atoms with Crippen LogP contribution < -0.4 is 5.01 Å². The van der Waals surface area contributed by atoms with E-state index in [9.17, 15) is 39.3 Å². The number of hydrazone groups is 1. The Labute approximate surface area is 215 Å². The number of aromatic nitrogens is 2. The number of anilines is 1. The van der Waals surface area contributed by atoms with Crippen molar-refractivity contribution in [1.82, 2.24) is 15.0 Å². The number of amides is 2. The van der Waals surface area contributed by atoms with E-state index in [-0.39, 0.29) is 32.5 Å². The van der Waals surface area contributed by atoms with Gasteiger partial charge in [0.25, 0.3) is 0 Å². The molecule has 1 aliphatic heterocycles. The second kappa shape index (κ2) is 16.4. The molecule has 2 amide bonds. The summed E-state index contributed by atoms with van der Waals surface area (Å²) < 4.78 is 78.0. The maximum Gasteiger partial charge on any atom is 0.673 e. The Bertz CT molecular complexity index is 953. The fourth-order valence-corrected chi connectivity index (χ4v) is 1.96. The molecule has 2 aromatic rings. The molecular formula is C17H18B2F8N7OPd-3. The summed E-state index contributed by atoms with van der Waals surface area (Å²) >= 11 is 0. The Morgan fingerprint density at radius 3 is 1.72 bits per heavy atom. The smallest absolute Gasteiger partial charge is 0.418 e. The van der Waals surface area contributed by atoms with Gasteiger partial charge in [-0.2, -0.15) is 5.26 Å². The van der Waals surface area contributed by atoms with E-state index in [1.807, 2.05) is 26.0 Å². The summed E-state index contributed by atoms with van der Waals surface area (Å²) in [6, 6.07) is 12.1. The molecule has 0 fully saturated rings. The van der Waals surface area contributed by atoms with Crippen molar-refractivity contribution in [3.05, 3.63) is 59.9 Å². The van der Waals surface area contributed by atoms with E-state index in [0.717, 1.165) is 0 Å². The molecule has 19 heteroatoms. The third-order valence-electron chi connectivity index (χ3n) is 3.02. The largest absolute Gasteiger partial charge is 0.673 e. The average molecular weight is 616 g/mol. The molecule has 0 bridgehead atoms. The van der Waals surface area contributed by atoms with Crippen molar-refractivity contribution in [3.63, 3.8) is 0 Å². The molecule has 0 saturated carbocycles. The van der Waals surface area contributed by atoms with Crippen molar-refractivity contribution in [2.45, 2.75) is 26.8 Å². The molecule has 202 valence electrons. The molecule has 0 aliphatic carbocycles. The van der Waals surface area contributed by atoms with Crippen molar-refractivity contribution < 1.29 is 59.7 Å². The number of amidine groups is 1. The Morgan fingerprint density at radius 2 is 1.36 bits per heavy atom. The minimum absolute atomic E-state index is 0. The van der Waals surface area contributed by atoms with Crippen LogP contribution in [0.2, 0.25) is 0 Å². The molecule has 36 heavy (non-hydrogen) atoms. The summed E-state index contributed by atoms with van der Waals surface area (Å²) in [5.74, 6) is 0.820. The number of hydrogen-bond acceptors (Lipinski definition) is 5. The summed E-state index contributed by atoms with van der Waals surface area (Å²) in [4.78, 5) is 21.0. The number of rotatable bonds is 3. The van der Waals surface area contributed by atoms with Gasteiger partial charge in [-0.25, -0.2) is 9.78 Å². The molecule has 0 spiro atoms. The summed E-state index contributed by atoms with van der Waals surface area (Å²) in [7, 11) is -12.0. The molecule has 3 heterocycles. The first-order chi connectivity index (χ1) is 16.1. The van der Waals surface area contributed by atoms with Gasteiger partial charge in [-0.05, 0) is 43.9 Å². The van der Waals surface area contributed by atoms with Crippen LogP contribution >= 0.6 is 0 Å². The maximum atomic E-state index is 12.5. The van der Waals surface area contributed by atoms with E-state index in [4.69, 9.17) is 5.26 Å². The van der Waals surface area contributed by atoms with Crippen LogP contribution in [0.3, 0.4) is 0 Å². The van der Waals surface area contributed by atoms with Crippen LogP contribution in [0.5, 0.6) is 0 Å². The summed E-state index contributed by atoms with van der Waals surface area (Å²) in [6.07, 6.45) is 3.28. The zero-order chi connectivity index (χ0) is 27.2. The number of nitriles is 1. The molecule has 0 N–H and O–H groups in total. The van der Waals surface area contributed by atoms with Gasteiger partial charge in [-0.1, -0.05) is 12.1 Å². The summed E-state index contributed by atoms with van der Waals surface area (Å²) in [6.45, 7) is 5.21. The van der Waals surface area contributed by atoms with Crippen LogP contribution in [0.15, 0.2) is 53.9 Å². The zero-order valence-corrected chi connectivity index (χ0v) is 20.3. The predicted octanol–water partition coefficient (Wildman–Crippen LogP) is 5.90. The first-order valence-electron chi connectivity index (χ1n) is 9.40. The van der Waals surface area contributed by atoms with Crippen LogP contribution in [0.4, 0.5) is 45.1 Å². The van der Waals surface area contributed by atoms with Gasteiger partial charge < -0.3 is 50.1 Å². The van der Waals surface area contributed by atoms with Gasteiger partial charge in [0.2, 0.25) is 0 Å². The molecule has 0 aromatic carbocycles. The summed E-state index contributed by atoms with van der Waals surface area (Å²) in [5.41, 5.74) is 4.90. The van der Waals surface area contributed by atoms with Crippen LogP contribution in [0, 0.1) is 11.3 Å². The molecule has 3 rings (SSSR count). The van der Waals surface area contributed by atoms with E-state index in [1.54, 1.807) is 42.7 Å². The van der Waals surface area contributed by atoms with E-state index >= 15 is 0 Å². The number of pyridine rings is 2. The third kappa shape index (κ3) is 16.4. The van der Waals surface area contributed by atoms with E-state index in [0.29, 0.717) is 17.3 Å². The van der Waals surface area contributed by atoms with Gasteiger partial charge in [0, 0.05) is 45.8 Å². The van der Waals surface area contributed by atoms with Gasteiger partial charge >= 0.3 is 20.5 Å². The van der Waals surface area contributed by atoms with Gasteiger partial charge in [0.15, 0.2) is 0 Å². The van der Waals surface area contributed by atoms with Crippen molar-refractivity contribution in [3.8, 4) is 6.07 Å². The zero-order valence-electron chi connectivity index (χ0n) is 18.7. The standard InChI is InChI=1S/C15H15N6O.C2H3N.2BF4.Pd/c1-11(2)20-15(22)21(13-8-4-6-10-17-13)19-14(18-20)12-7-3-5-9-16-12;1-2-3;2*2-1(3,4)5;/h3-11H,1-2H3;1H3;;;/q-1;;2*-1;. The maximum absolute atomic E-state index is 12.5. The Kier molecular flexibility index (Phi) is 15.9. The minimum Gasteiger partial charge on any atom is -0.418 e. The number of carbonyl (C=O) groups excluding carboxylic acids is 1. The van der Waals surface area contributed by atoms with Crippen molar-refractivity contribution in [2.75, 3.05) is 5.01 Å².